The number of nitrogens with one attached hydrogen (secondary N) is 1. The molecule has 0 aliphatic carbocycles. The molecule has 20 heavy (non-hydrogen) atoms. The minimum Gasteiger partial charge on any atom is -0.480 e. The second-order valence-electron chi connectivity index (χ2n) is 4.41. The lowest BCUT2D eigenvalue weighted by atomic mass is 10.1. The van der Waals surface area contributed by atoms with Crippen molar-refractivity contribution in [2.75, 3.05) is 0 Å². The van der Waals surface area contributed by atoms with E-state index >= 15 is 0 Å². The number of carbonyl (C=O) groups excluding carboxylic acids is 1. The second-order valence-corrected chi connectivity index (χ2v) is 4.41. The quantitative estimate of drug-likeness (QED) is 0.765. The number of carboxylic acids is 1. The standard InChI is InChI=1S/C14H14N2O4/c1-8(17)12(14(19)20)16-13(18)10-4-2-6-11-9(10)5-3-7-15-11/h2-8,12,17H,1H3,(H,16,18)(H,19,20). The van der Waals surface area contributed by atoms with Gasteiger partial charge in [0, 0.05) is 17.1 Å². The molecule has 3 N–H and O–H groups in total. The number of aliphatic hydroxyl groups is 1. The van der Waals surface area contributed by atoms with E-state index in [0.29, 0.717) is 16.5 Å². The van der Waals surface area contributed by atoms with Crippen molar-refractivity contribution in [3.8, 4) is 0 Å². The van der Waals surface area contributed by atoms with Crippen LogP contribution in [0.15, 0.2) is 36.5 Å². The number of amides is 1. The van der Waals surface area contributed by atoms with E-state index in [-0.39, 0.29) is 0 Å². The van der Waals surface area contributed by atoms with E-state index in [1.54, 1.807) is 36.5 Å². The lowest BCUT2D eigenvalue weighted by Gasteiger charge is -2.17. The summed E-state index contributed by atoms with van der Waals surface area (Å²) in [7, 11) is 0. The number of hydrogen-bond donors (Lipinski definition) is 3. The zero-order valence-corrected chi connectivity index (χ0v) is 10.8. The first-order valence-electron chi connectivity index (χ1n) is 6.06. The zero-order valence-electron chi connectivity index (χ0n) is 10.8. The number of fused-ring (bicyclic) bond motifs is 1. The predicted molar refractivity (Wildman–Crippen MR) is 72.3 cm³/mol. The molecule has 6 nitrogen and oxygen atoms in total. The van der Waals surface area contributed by atoms with Crippen molar-refractivity contribution in [1.82, 2.24) is 10.3 Å². The van der Waals surface area contributed by atoms with Crippen LogP contribution in [-0.4, -0.2) is 39.2 Å². The summed E-state index contributed by atoms with van der Waals surface area (Å²) in [5.74, 6) is -1.84. The van der Waals surface area contributed by atoms with Crippen LogP contribution in [0.3, 0.4) is 0 Å². The van der Waals surface area contributed by atoms with E-state index in [1.807, 2.05) is 0 Å². The molecule has 104 valence electrons. The Morgan fingerprint density at radius 2 is 2.00 bits per heavy atom. The second kappa shape index (κ2) is 5.66. The zero-order chi connectivity index (χ0) is 14.7. The highest BCUT2D eigenvalue weighted by Gasteiger charge is 2.25. The number of aliphatic carboxylic acids is 1. The van der Waals surface area contributed by atoms with Crippen molar-refractivity contribution in [3.63, 3.8) is 0 Å². The molecular weight excluding hydrogens is 260 g/mol. The fourth-order valence-corrected chi connectivity index (χ4v) is 1.91. The smallest absolute Gasteiger partial charge is 0.328 e. The topological polar surface area (TPSA) is 99.5 Å². The maximum atomic E-state index is 12.2. The molecule has 6 heteroatoms. The number of nitrogens with zero attached hydrogens (tertiary/aromatic N) is 1. The Labute approximate surface area is 115 Å². The van der Waals surface area contributed by atoms with E-state index in [9.17, 15) is 14.7 Å². The lowest BCUT2D eigenvalue weighted by molar-refractivity contribution is -0.141. The summed E-state index contributed by atoms with van der Waals surface area (Å²) in [4.78, 5) is 27.3. The highest BCUT2D eigenvalue weighted by atomic mass is 16.4. The van der Waals surface area contributed by atoms with E-state index < -0.39 is 24.0 Å². The monoisotopic (exact) mass is 274 g/mol. The number of benzene rings is 1. The number of rotatable bonds is 4. The van der Waals surface area contributed by atoms with Crippen LogP contribution in [0.2, 0.25) is 0 Å². The fourth-order valence-electron chi connectivity index (χ4n) is 1.91. The van der Waals surface area contributed by atoms with Crippen molar-refractivity contribution < 1.29 is 19.8 Å². The Morgan fingerprint density at radius 1 is 1.25 bits per heavy atom. The minimum atomic E-state index is -1.35. The molecule has 1 amide bonds. The first-order valence-corrected chi connectivity index (χ1v) is 6.06. The van der Waals surface area contributed by atoms with E-state index in [0.717, 1.165) is 0 Å². The van der Waals surface area contributed by atoms with Crippen molar-refractivity contribution in [3.05, 3.63) is 42.1 Å². The van der Waals surface area contributed by atoms with Crippen molar-refractivity contribution in [2.45, 2.75) is 19.1 Å². The summed E-state index contributed by atoms with van der Waals surface area (Å²) in [5.41, 5.74) is 0.964. The molecule has 2 rings (SSSR count). The molecule has 0 bridgehead atoms. The van der Waals surface area contributed by atoms with Gasteiger partial charge in [-0.15, -0.1) is 0 Å². The first kappa shape index (κ1) is 14.0. The largest absolute Gasteiger partial charge is 0.480 e. The average Bonchev–Trinajstić information content (AvgIpc) is 2.43. The molecule has 1 heterocycles. The number of hydrogen-bond acceptors (Lipinski definition) is 4. The van der Waals surface area contributed by atoms with Gasteiger partial charge in [-0.05, 0) is 25.1 Å². The molecule has 2 unspecified atom stereocenters. The summed E-state index contributed by atoms with van der Waals surface area (Å²) in [6.07, 6.45) is 0.421. The Bertz CT molecular complexity index is 649. The normalized spacial score (nSPS) is 13.7. The molecule has 0 aliphatic heterocycles. The number of aromatic nitrogens is 1. The molecule has 2 atom stereocenters. The van der Waals surface area contributed by atoms with Gasteiger partial charge in [-0.1, -0.05) is 12.1 Å². The SMILES string of the molecule is CC(O)C(NC(=O)c1cccc2ncccc12)C(=O)O. The van der Waals surface area contributed by atoms with E-state index in [1.165, 1.54) is 6.92 Å². The van der Waals surface area contributed by atoms with Gasteiger partial charge in [0.1, 0.15) is 0 Å². The van der Waals surface area contributed by atoms with Crippen LogP contribution in [0.5, 0.6) is 0 Å². The van der Waals surface area contributed by atoms with Gasteiger partial charge in [0.2, 0.25) is 0 Å². The lowest BCUT2D eigenvalue weighted by Crippen LogP contribution is -2.47. The molecule has 0 saturated heterocycles. The number of aliphatic hydroxyl groups excluding tert-OH is 1. The van der Waals surface area contributed by atoms with Crippen LogP contribution >= 0.6 is 0 Å². The molecule has 0 aliphatic rings. The predicted octanol–water partition coefficient (Wildman–Crippen LogP) is 0.799. The van der Waals surface area contributed by atoms with E-state index in [4.69, 9.17) is 5.11 Å². The van der Waals surface area contributed by atoms with Crippen molar-refractivity contribution >= 4 is 22.8 Å². The van der Waals surface area contributed by atoms with Crippen LogP contribution in [0.4, 0.5) is 0 Å². The van der Waals surface area contributed by atoms with Gasteiger partial charge in [0.15, 0.2) is 6.04 Å². The third kappa shape index (κ3) is 2.75. The van der Waals surface area contributed by atoms with Crippen LogP contribution < -0.4 is 5.32 Å². The highest BCUT2D eigenvalue weighted by Crippen LogP contribution is 2.16. The van der Waals surface area contributed by atoms with Gasteiger partial charge in [-0.3, -0.25) is 9.78 Å². The van der Waals surface area contributed by atoms with Gasteiger partial charge in [0.25, 0.3) is 5.91 Å². The minimum absolute atomic E-state index is 0.322. The average molecular weight is 274 g/mol. The highest BCUT2D eigenvalue weighted by molar-refractivity contribution is 6.07. The third-order valence-electron chi connectivity index (χ3n) is 2.93. The fraction of sp³-hybridized carbons (Fsp3) is 0.214. The summed E-state index contributed by atoms with van der Waals surface area (Å²) in [5, 5.41) is 21.3. The number of carbonyl (C=O) groups is 2. The Hall–Kier alpha value is -2.47. The molecule has 0 radical (unpaired) electrons. The van der Waals surface area contributed by atoms with Crippen LogP contribution in [0, 0.1) is 0 Å². The molecule has 2 aromatic rings. The van der Waals surface area contributed by atoms with Crippen molar-refractivity contribution in [1.29, 1.82) is 0 Å². The summed E-state index contributed by atoms with van der Waals surface area (Å²) >= 11 is 0. The van der Waals surface area contributed by atoms with Crippen molar-refractivity contribution in [2.24, 2.45) is 0 Å². The maximum Gasteiger partial charge on any atom is 0.328 e. The number of carboxylic acid groups (broad SMARTS) is 1. The van der Waals surface area contributed by atoms with Gasteiger partial charge < -0.3 is 15.5 Å². The Kier molecular flexibility index (Phi) is 3.95. The van der Waals surface area contributed by atoms with E-state index in [2.05, 4.69) is 10.3 Å². The van der Waals surface area contributed by atoms with Gasteiger partial charge in [-0.2, -0.15) is 0 Å². The Balaban J connectivity index is 2.34. The van der Waals surface area contributed by atoms with Gasteiger partial charge in [0.05, 0.1) is 11.6 Å². The van der Waals surface area contributed by atoms with Gasteiger partial charge >= 0.3 is 5.97 Å². The van der Waals surface area contributed by atoms with Gasteiger partial charge in [-0.25, -0.2) is 4.79 Å². The van der Waals surface area contributed by atoms with Crippen LogP contribution in [0.25, 0.3) is 10.9 Å². The molecule has 0 spiro atoms. The summed E-state index contributed by atoms with van der Waals surface area (Å²) < 4.78 is 0. The number of pyridine rings is 1. The molecule has 1 aromatic carbocycles. The summed E-state index contributed by atoms with van der Waals surface area (Å²) in [6.45, 7) is 1.31. The molecule has 0 fully saturated rings. The maximum absolute atomic E-state index is 12.2. The van der Waals surface area contributed by atoms with Crippen LogP contribution in [0.1, 0.15) is 17.3 Å². The molecule has 1 aromatic heterocycles. The Morgan fingerprint density at radius 3 is 2.65 bits per heavy atom. The van der Waals surface area contributed by atoms with Crippen LogP contribution in [-0.2, 0) is 4.79 Å². The first-order chi connectivity index (χ1) is 9.50. The third-order valence-corrected chi connectivity index (χ3v) is 2.93. The molecule has 0 saturated carbocycles. The molecular formula is C14H14N2O4. The summed E-state index contributed by atoms with van der Waals surface area (Å²) in [6, 6.07) is 7.09.